The molecule has 0 aliphatic heterocycles. The predicted molar refractivity (Wildman–Crippen MR) is 99.9 cm³/mol. The molecule has 0 spiro atoms. The summed E-state index contributed by atoms with van der Waals surface area (Å²) in [5, 5.41) is 19.9. The number of hydrogen-bond acceptors (Lipinski definition) is 2. The first-order chi connectivity index (χ1) is 10.6. The van der Waals surface area contributed by atoms with Gasteiger partial charge in [0.05, 0.1) is 0 Å². The molecule has 136 valence electrons. The van der Waals surface area contributed by atoms with E-state index in [1.165, 1.54) is 0 Å². The highest BCUT2D eigenvalue weighted by Gasteiger charge is 2.32. The number of rotatable bonds is 5. The Balaban J connectivity index is 3.46. The van der Waals surface area contributed by atoms with Crippen molar-refractivity contribution in [3.05, 3.63) is 28.8 Å². The molecule has 2 N–H and O–H groups in total. The van der Waals surface area contributed by atoms with E-state index in [1.807, 2.05) is 12.1 Å². The Kier molecular flexibility index (Phi) is 5.80. The monoisotopic (exact) mass is 334 g/mol. The largest absolute Gasteiger partial charge is 0.507 e. The van der Waals surface area contributed by atoms with Gasteiger partial charge in [-0.05, 0) is 40.2 Å². The van der Waals surface area contributed by atoms with Gasteiger partial charge in [0.1, 0.15) is 5.75 Å². The highest BCUT2D eigenvalue weighted by molar-refractivity contribution is 5.67. The number of phenolic OH excluding ortho intramolecular Hbond substituents is 1. The Morgan fingerprint density at radius 2 is 1.46 bits per heavy atom. The minimum atomic E-state index is -0.795. The lowest BCUT2D eigenvalue weighted by atomic mass is 9.70. The van der Waals surface area contributed by atoms with Gasteiger partial charge in [-0.25, -0.2) is 0 Å². The zero-order chi connectivity index (χ0) is 18.9. The third-order valence-electron chi connectivity index (χ3n) is 4.31. The molecule has 0 fully saturated rings. The lowest BCUT2D eigenvalue weighted by Gasteiger charge is -2.35. The van der Waals surface area contributed by atoms with Crippen molar-refractivity contribution in [2.24, 2.45) is 5.41 Å². The van der Waals surface area contributed by atoms with Crippen molar-refractivity contribution in [3.8, 4) is 5.75 Å². The molecule has 0 saturated carbocycles. The predicted octanol–water partition coefficient (Wildman–Crippen LogP) is 5.42. The van der Waals surface area contributed by atoms with Gasteiger partial charge in [-0.3, -0.25) is 4.79 Å². The van der Waals surface area contributed by atoms with Crippen LogP contribution in [0.25, 0.3) is 0 Å². The lowest BCUT2D eigenvalue weighted by Crippen LogP contribution is -2.26. The van der Waals surface area contributed by atoms with E-state index < -0.39 is 5.97 Å². The summed E-state index contributed by atoms with van der Waals surface area (Å²) in [5.41, 5.74) is 2.54. The standard InChI is InChI=1S/C21H34O3/c1-19(2,3)13-21(7,8)16-12-14(9-10-17(22)23)11-15(18(16)24)20(4,5)6/h11-12,24H,9-10,13H2,1-8H3,(H,22,23). The van der Waals surface area contributed by atoms with Gasteiger partial charge < -0.3 is 10.2 Å². The molecule has 1 aromatic carbocycles. The molecule has 24 heavy (non-hydrogen) atoms. The van der Waals surface area contributed by atoms with Crippen LogP contribution in [-0.4, -0.2) is 16.2 Å². The molecule has 0 aromatic heterocycles. The number of hydrogen-bond donors (Lipinski definition) is 2. The van der Waals surface area contributed by atoms with Crippen LogP contribution < -0.4 is 0 Å². The summed E-state index contributed by atoms with van der Waals surface area (Å²) in [5.74, 6) is -0.438. The number of aromatic hydroxyl groups is 1. The van der Waals surface area contributed by atoms with Crippen LogP contribution in [0.5, 0.6) is 5.75 Å². The minimum Gasteiger partial charge on any atom is -0.507 e. The summed E-state index contributed by atoms with van der Waals surface area (Å²) in [6.45, 7) is 17.1. The quantitative estimate of drug-likeness (QED) is 0.756. The number of benzene rings is 1. The van der Waals surface area contributed by atoms with E-state index in [9.17, 15) is 9.90 Å². The first-order valence-corrected chi connectivity index (χ1v) is 8.72. The summed E-state index contributed by atoms with van der Waals surface area (Å²) in [7, 11) is 0. The molecule has 3 nitrogen and oxygen atoms in total. The van der Waals surface area contributed by atoms with Gasteiger partial charge in [-0.1, -0.05) is 67.5 Å². The second kappa shape index (κ2) is 6.78. The molecule has 3 heteroatoms. The SMILES string of the molecule is CC(C)(C)CC(C)(C)c1cc(CCC(=O)O)cc(C(C)(C)C)c1O. The van der Waals surface area contributed by atoms with Gasteiger partial charge in [0, 0.05) is 12.0 Å². The van der Waals surface area contributed by atoms with Crippen LogP contribution >= 0.6 is 0 Å². The van der Waals surface area contributed by atoms with E-state index in [0.717, 1.165) is 23.1 Å². The first-order valence-electron chi connectivity index (χ1n) is 8.72. The zero-order valence-electron chi connectivity index (χ0n) is 16.6. The van der Waals surface area contributed by atoms with E-state index in [0.29, 0.717) is 12.2 Å². The molecule has 0 heterocycles. The highest BCUT2D eigenvalue weighted by atomic mass is 16.4. The molecule has 0 unspecified atom stereocenters. The number of carboxylic acid groups (broad SMARTS) is 1. The molecule has 0 aliphatic rings. The summed E-state index contributed by atoms with van der Waals surface area (Å²) in [6, 6.07) is 3.97. The molecular weight excluding hydrogens is 300 g/mol. The molecule has 0 saturated heterocycles. The molecule has 0 amide bonds. The number of phenols is 1. The third-order valence-corrected chi connectivity index (χ3v) is 4.31. The van der Waals surface area contributed by atoms with Crippen molar-refractivity contribution in [2.75, 3.05) is 0 Å². The molecule has 1 aromatic rings. The summed E-state index contributed by atoms with van der Waals surface area (Å²) in [6.07, 6.45) is 1.52. The van der Waals surface area contributed by atoms with Gasteiger partial charge in [0.2, 0.25) is 0 Å². The van der Waals surface area contributed by atoms with Crippen LogP contribution in [0.2, 0.25) is 0 Å². The van der Waals surface area contributed by atoms with Crippen LogP contribution in [0.4, 0.5) is 0 Å². The number of carboxylic acids is 1. The Labute approximate surface area is 147 Å². The van der Waals surface area contributed by atoms with Gasteiger partial charge >= 0.3 is 5.97 Å². The fourth-order valence-electron chi connectivity index (χ4n) is 3.60. The van der Waals surface area contributed by atoms with E-state index in [-0.39, 0.29) is 22.7 Å². The third kappa shape index (κ3) is 5.54. The Morgan fingerprint density at radius 1 is 0.958 bits per heavy atom. The lowest BCUT2D eigenvalue weighted by molar-refractivity contribution is -0.136. The van der Waals surface area contributed by atoms with E-state index in [1.54, 1.807) is 0 Å². The fourth-order valence-corrected chi connectivity index (χ4v) is 3.60. The van der Waals surface area contributed by atoms with Crippen LogP contribution in [-0.2, 0) is 22.0 Å². The van der Waals surface area contributed by atoms with E-state index in [2.05, 4.69) is 55.4 Å². The maximum Gasteiger partial charge on any atom is 0.303 e. The smallest absolute Gasteiger partial charge is 0.303 e. The van der Waals surface area contributed by atoms with Gasteiger partial charge in [-0.2, -0.15) is 0 Å². The maximum absolute atomic E-state index is 10.9. The normalized spacial score (nSPS) is 13.2. The van der Waals surface area contributed by atoms with Crippen molar-refractivity contribution in [3.63, 3.8) is 0 Å². The average Bonchev–Trinajstić information content (AvgIpc) is 2.32. The second-order valence-corrected chi connectivity index (χ2v) is 9.80. The van der Waals surface area contributed by atoms with E-state index in [4.69, 9.17) is 5.11 Å². The van der Waals surface area contributed by atoms with Crippen LogP contribution in [0.1, 0.15) is 84.9 Å². The molecule has 0 aliphatic carbocycles. The van der Waals surface area contributed by atoms with E-state index >= 15 is 0 Å². The Hall–Kier alpha value is -1.51. The minimum absolute atomic E-state index is 0.105. The first kappa shape index (κ1) is 20.5. The average molecular weight is 335 g/mol. The zero-order valence-corrected chi connectivity index (χ0v) is 16.6. The van der Waals surface area contributed by atoms with Crippen LogP contribution in [0, 0.1) is 5.41 Å². The molecule has 0 atom stereocenters. The fraction of sp³-hybridized carbons (Fsp3) is 0.667. The topological polar surface area (TPSA) is 57.5 Å². The van der Waals surface area contributed by atoms with Crippen molar-refractivity contribution in [2.45, 2.75) is 85.5 Å². The highest BCUT2D eigenvalue weighted by Crippen LogP contribution is 2.44. The summed E-state index contributed by atoms with van der Waals surface area (Å²) >= 11 is 0. The summed E-state index contributed by atoms with van der Waals surface area (Å²) < 4.78 is 0. The number of carbonyl (C=O) groups is 1. The number of aliphatic carboxylic acids is 1. The van der Waals surface area contributed by atoms with Crippen LogP contribution in [0.3, 0.4) is 0 Å². The second-order valence-electron chi connectivity index (χ2n) is 9.80. The van der Waals surface area contributed by atoms with Gasteiger partial charge in [0.25, 0.3) is 0 Å². The molecule has 0 bridgehead atoms. The molecule has 0 radical (unpaired) electrons. The van der Waals surface area contributed by atoms with Crippen molar-refractivity contribution in [1.82, 2.24) is 0 Å². The molecule has 1 rings (SSSR count). The van der Waals surface area contributed by atoms with Crippen molar-refractivity contribution >= 4 is 5.97 Å². The maximum atomic E-state index is 10.9. The molecular formula is C21H34O3. The summed E-state index contributed by atoms with van der Waals surface area (Å²) in [4.78, 5) is 10.9. The van der Waals surface area contributed by atoms with Gasteiger partial charge in [-0.15, -0.1) is 0 Å². The number of aryl methyl sites for hydroxylation is 1. The van der Waals surface area contributed by atoms with Crippen molar-refractivity contribution in [1.29, 1.82) is 0 Å². The van der Waals surface area contributed by atoms with Crippen molar-refractivity contribution < 1.29 is 15.0 Å². The van der Waals surface area contributed by atoms with Gasteiger partial charge in [0.15, 0.2) is 0 Å². The Bertz CT molecular complexity index is 599. The van der Waals surface area contributed by atoms with Crippen LogP contribution in [0.15, 0.2) is 12.1 Å². The Morgan fingerprint density at radius 3 is 1.88 bits per heavy atom.